The van der Waals surface area contributed by atoms with E-state index in [1.54, 1.807) is 6.92 Å². The van der Waals surface area contributed by atoms with E-state index in [1.165, 1.54) is 7.11 Å². The number of methoxy groups -OCH3 is 1. The molecule has 42 heavy (non-hydrogen) atoms. The van der Waals surface area contributed by atoms with Crippen molar-refractivity contribution in [2.75, 3.05) is 26.8 Å². The summed E-state index contributed by atoms with van der Waals surface area (Å²) in [5.74, 6) is -1.90. The van der Waals surface area contributed by atoms with E-state index in [1.807, 2.05) is 66.7 Å². The van der Waals surface area contributed by atoms with Crippen molar-refractivity contribution in [3.63, 3.8) is 0 Å². The zero-order chi connectivity index (χ0) is 29.7. The number of benzene rings is 3. The van der Waals surface area contributed by atoms with Crippen LogP contribution in [0.25, 0.3) is 11.1 Å². The quantitative estimate of drug-likeness (QED) is 0.335. The minimum atomic E-state index is -1.34. The van der Waals surface area contributed by atoms with Gasteiger partial charge in [0.2, 0.25) is 5.91 Å². The lowest BCUT2D eigenvalue weighted by Gasteiger charge is -2.41. The molecule has 3 aromatic carbocycles. The Morgan fingerprint density at radius 3 is 2.07 bits per heavy atom. The van der Waals surface area contributed by atoms with Gasteiger partial charge in [-0.15, -0.1) is 0 Å². The fraction of sp³-hybridized carbons (Fsp3) is 0.364. The van der Waals surface area contributed by atoms with Gasteiger partial charge in [-0.25, -0.2) is 9.59 Å². The fourth-order valence-corrected chi connectivity index (χ4v) is 5.97. The summed E-state index contributed by atoms with van der Waals surface area (Å²) in [6, 6.07) is 24.9. The lowest BCUT2D eigenvalue weighted by Crippen LogP contribution is -2.65. The van der Waals surface area contributed by atoms with Crippen LogP contribution in [0.2, 0.25) is 0 Å². The van der Waals surface area contributed by atoms with Crippen molar-refractivity contribution in [3.05, 3.63) is 95.6 Å². The minimum absolute atomic E-state index is 0.107. The molecule has 0 saturated carbocycles. The number of amides is 2. The van der Waals surface area contributed by atoms with Gasteiger partial charge in [0.15, 0.2) is 6.04 Å². The summed E-state index contributed by atoms with van der Waals surface area (Å²) in [7, 11) is 1.39. The molecule has 5 rings (SSSR count). The van der Waals surface area contributed by atoms with Crippen LogP contribution in [0, 0.1) is 0 Å². The van der Waals surface area contributed by atoms with E-state index in [2.05, 4.69) is 27.7 Å². The number of nitrogens with zero attached hydrogens (tertiary/aromatic N) is 1. The molecule has 0 unspecified atom stereocenters. The number of carboxylic acid groups (broad SMARTS) is 1. The van der Waals surface area contributed by atoms with Gasteiger partial charge in [0.1, 0.15) is 12.1 Å². The Bertz CT molecular complexity index is 1370. The van der Waals surface area contributed by atoms with Gasteiger partial charge in [-0.3, -0.25) is 9.69 Å². The zero-order valence-electron chi connectivity index (χ0n) is 23.9. The predicted molar refractivity (Wildman–Crippen MR) is 158 cm³/mol. The number of piperidine rings is 1. The van der Waals surface area contributed by atoms with E-state index in [9.17, 15) is 19.5 Å². The third-order valence-electron chi connectivity index (χ3n) is 8.47. The molecule has 1 heterocycles. The van der Waals surface area contributed by atoms with Crippen LogP contribution in [0.15, 0.2) is 78.9 Å². The van der Waals surface area contributed by atoms with Crippen molar-refractivity contribution >= 4 is 18.0 Å². The Balaban J connectivity index is 1.31. The molecule has 2 amide bonds. The predicted octanol–water partition coefficient (Wildman–Crippen LogP) is 4.16. The first-order chi connectivity index (χ1) is 20.3. The fourth-order valence-electron chi connectivity index (χ4n) is 5.97. The van der Waals surface area contributed by atoms with Gasteiger partial charge in [0.05, 0.1) is 6.10 Å². The lowest BCUT2D eigenvalue weighted by atomic mass is 9.85. The molecule has 3 aromatic rings. The number of rotatable bonds is 10. The molecule has 3 N–H and O–H groups in total. The van der Waals surface area contributed by atoms with Gasteiger partial charge >= 0.3 is 12.1 Å². The van der Waals surface area contributed by atoms with Crippen LogP contribution in [-0.2, 0) is 25.6 Å². The van der Waals surface area contributed by atoms with Crippen molar-refractivity contribution in [1.82, 2.24) is 15.5 Å². The maximum Gasteiger partial charge on any atom is 0.408 e. The largest absolute Gasteiger partial charge is 0.480 e. The summed E-state index contributed by atoms with van der Waals surface area (Å²) in [5, 5.41) is 15.2. The highest BCUT2D eigenvalue weighted by Gasteiger charge is 2.45. The second-order valence-electron chi connectivity index (χ2n) is 11.0. The number of carbonyl (C=O) groups excluding carboxylic acids is 2. The van der Waals surface area contributed by atoms with E-state index in [0.717, 1.165) is 27.8 Å². The number of nitrogens with one attached hydrogen (secondary N) is 2. The van der Waals surface area contributed by atoms with Crippen LogP contribution in [-0.4, -0.2) is 72.5 Å². The number of alkyl carbamates (subject to hydrolysis) is 1. The minimum Gasteiger partial charge on any atom is -0.480 e. The van der Waals surface area contributed by atoms with Crippen LogP contribution < -0.4 is 10.6 Å². The van der Waals surface area contributed by atoms with Gasteiger partial charge in [-0.2, -0.15) is 0 Å². The molecule has 2 aliphatic rings. The molecular formula is C33H37N3O6. The maximum atomic E-state index is 13.7. The topological polar surface area (TPSA) is 117 Å². The first kappa shape index (κ1) is 29.3. The van der Waals surface area contributed by atoms with Gasteiger partial charge < -0.3 is 25.2 Å². The summed E-state index contributed by atoms with van der Waals surface area (Å²) >= 11 is 0. The van der Waals surface area contributed by atoms with Crippen molar-refractivity contribution in [2.24, 2.45) is 0 Å². The number of hydrogen-bond acceptors (Lipinski definition) is 6. The number of aliphatic carboxylic acids is 1. The first-order valence-corrected chi connectivity index (χ1v) is 14.3. The number of fused-ring (bicyclic) bond motifs is 3. The van der Waals surface area contributed by atoms with Gasteiger partial charge in [-0.1, -0.05) is 78.9 Å². The molecule has 9 heteroatoms. The van der Waals surface area contributed by atoms with Crippen LogP contribution in [0.5, 0.6) is 0 Å². The number of carboxylic acids is 1. The van der Waals surface area contributed by atoms with Crippen molar-refractivity contribution in [2.45, 2.75) is 49.9 Å². The second kappa shape index (κ2) is 12.8. The number of hydrogen-bond donors (Lipinski definition) is 3. The Morgan fingerprint density at radius 2 is 1.50 bits per heavy atom. The van der Waals surface area contributed by atoms with E-state index in [4.69, 9.17) is 9.47 Å². The van der Waals surface area contributed by atoms with Crippen LogP contribution >= 0.6 is 0 Å². The second-order valence-corrected chi connectivity index (χ2v) is 11.0. The Morgan fingerprint density at radius 1 is 0.929 bits per heavy atom. The summed E-state index contributed by atoms with van der Waals surface area (Å²) in [6.07, 6.45) is -0.890. The summed E-state index contributed by atoms with van der Waals surface area (Å²) < 4.78 is 11.0. The molecule has 0 aromatic heterocycles. The Labute approximate surface area is 245 Å². The first-order valence-electron chi connectivity index (χ1n) is 14.3. The van der Waals surface area contributed by atoms with Crippen LogP contribution in [0.4, 0.5) is 4.79 Å². The molecule has 0 bridgehead atoms. The summed E-state index contributed by atoms with van der Waals surface area (Å²) in [4.78, 5) is 41.2. The lowest BCUT2D eigenvalue weighted by molar-refractivity contribution is -0.147. The molecule has 0 radical (unpaired) electrons. The summed E-state index contributed by atoms with van der Waals surface area (Å²) in [5.41, 5.74) is 4.24. The van der Waals surface area contributed by atoms with Crippen molar-refractivity contribution < 1.29 is 29.0 Å². The van der Waals surface area contributed by atoms with E-state index >= 15 is 0 Å². The van der Waals surface area contributed by atoms with Crippen molar-refractivity contribution in [3.8, 4) is 11.1 Å². The molecule has 1 aliphatic carbocycles. The van der Waals surface area contributed by atoms with Gasteiger partial charge in [-0.05, 0) is 47.6 Å². The Hall–Kier alpha value is -4.21. The highest BCUT2D eigenvalue weighted by molar-refractivity contribution is 5.93. The van der Waals surface area contributed by atoms with Crippen LogP contribution in [0.3, 0.4) is 0 Å². The highest BCUT2D eigenvalue weighted by Crippen LogP contribution is 2.44. The van der Waals surface area contributed by atoms with Gasteiger partial charge in [0.25, 0.3) is 0 Å². The molecule has 9 nitrogen and oxygen atoms in total. The molecule has 1 saturated heterocycles. The smallest absolute Gasteiger partial charge is 0.408 e. The molecule has 1 aliphatic heterocycles. The molecule has 220 valence electrons. The monoisotopic (exact) mass is 571 g/mol. The van der Waals surface area contributed by atoms with E-state index < -0.39 is 35.7 Å². The number of ether oxygens (including phenoxy) is 2. The zero-order valence-corrected chi connectivity index (χ0v) is 23.9. The average Bonchev–Trinajstić information content (AvgIpc) is 3.33. The maximum absolute atomic E-state index is 13.7. The third-order valence-corrected chi connectivity index (χ3v) is 8.47. The van der Waals surface area contributed by atoms with Crippen molar-refractivity contribution in [1.29, 1.82) is 0 Å². The average molecular weight is 572 g/mol. The summed E-state index contributed by atoms with van der Waals surface area (Å²) in [6.45, 7) is 3.46. The van der Waals surface area contributed by atoms with E-state index in [0.29, 0.717) is 32.5 Å². The Kier molecular flexibility index (Phi) is 8.89. The SMILES string of the molecule is CO[C@H](C)[C@H](NC(=O)C1(NC(=O)OCC2c3ccccc3-c3ccccc32)CCN(Cc2ccccc2)CC1)C(=O)O. The third kappa shape index (κ3) is 6.17. The van der Waals surface area contributed by atoms with Gasteiger partial charge in [0, 0.05) is 32.7 Å². The molecule has 2 atom stereocenters. The number of likely N-dealkylation sites (tertiary alicyclic amines) is 1. The number of carbonyl (C=O) groups is 3. The molecule has 1 fully saturated rings. The molecule has 0 spiro atoms. The van der Waals surface area contributed by atoms with E-state index in [-0.39, 0.29) is 12.5 Å². The normalized spacial score (nSPS) is 17.4. The van der Waals surface area contributed by atoms with Crippen LogP contribution in [0.1, 0.15) is 42.4 Å². The molecular weight excluding hydrogens is 534 g/mol. The highest BCUT2D eigenvalue weighted by atomic mass is 16.5. The standard InChI is InChI=1S/C33H37N3O6/c1-22(41-2)29(30(37)38)34-31(39)33(16-18-36(19-17-33)20-23-10-4-3-5-11-23)35-32(40)42-21-28-26-14-8-6-12-24(26)25-13-7-9-15-27(25)28/h3-15,22,28-29H,16-21H2,1-2H3,(H,34,39)(H,35,40)(H,37,38)/t22-,29+/m1/s1.